The van der Waals surface area contributed by atoms with Gasteiger partial charge in [0.2, 0.25) is 0 Å². The fourth-order valence-corrected chi connectivity index (χ4v) is 2.62. The van der Waals surface area contributed by atoms with Crippen molar-refractivity contribution in [2.24, 2.45) is 0 Å². The summed E-state index contributed by atoms with van der Waals surface area (Å²) in [7, 11) is 0. The van der Waals surface area contributed by atoms with Crippen molar-refractivity contribution in [3.63, 3.8) is 0 Å². The van der Waals surface area contributed by atoms with Gasteiger partial charge in [-0.2, -0.15) is 0 Å². The number of ketones is 1. The van der Waals surface area contributed by atoms with E-state index in [0.29, 0.717) is 0 Å². The molecule has 0 aliphatic carbocycles. The molecule has 0 saturated heterocycles. The molecule has 0 radical (unpaired) electrons. The monoisotopic (exact) mass is 293 g/mol. The number of Topliss-reactive ketones (excluding diaryl/α,β-unsaturated/α-hetero) is 1. The number of ether oxygens (including phenoxy) is 1. The molecule has 0 saturated carbocycles. The number of benzene rings is 1. The summed E-state index contributed by atoms with van der Waals surface area (Å²) >= 11 is 0.988. The number of carbonyl (C=O) groups excluding carboxylic acids is 2. The molecular formula is C14H12FNO3S. The second-order valence-corrected chi connectivity index (χ2v) is 4.95. The maximum Gasteiger partial charge on any atom is 0.358 e. The molecule has 0 N–H and O–H groups in total. The van der Waals surface area contributed by atoms with E-state index in [2.05, 4.69) is 4.98 Å². The predicted molar refractivity (Wildman–Crippen MR) is 73.5 cm³/mol. The van der Waals surface area contributed by atoms with Gasteiger partial charge < -0.3 is 4.74 Å². The Balaban J connectivity index is 2.53. The Morgan fingerprint density at radius 1 is 1.35 bits per heavy atom. The number of esters is 1. The van der Waals surface area contributed by atoms with Crippen molar-refractivity contribution in [2.45, 2.75) is 13.8 Å². The summed E-state index contributed by atoms with van der Waals surface area (Å²) in [5.41, 5.74) is 0.207. The zero-order valence-electron chi connectivity index (χ0n) is 11.0. The summed E-state index contributed by atoms with van der Waals surface area (Å²) < 4.78 is 18.6. The van der Waals surface area contributed by atoms with Crippen LogP contribution in [-0.2, 0) is 4.74 Å². The lowest BCUT2D eigenvalue weighted by atomic mass is 10.2. The van der Waals surface area contributed by atoms with Crippen LogP contribution in [0.5, 0.6) is 0 Å². The van der Waals surface area contributed by atoms with E-state index in [-0.39, 0.29) is 33.5 Å². The summed E-state index contributed by atoms with van der Waals surface area (Å²) in [6, 6.07) is 6.07. The lowest BCUT2D eigenvalue weighted by molar-refractivity contribution is 0.0517. The molecule has 104 valence electrons. The molecule has 6 heteroatoms. The molecule has 0 aliphatic heterocycles. The van der Waals surface area contributed by atoms with Gasteiger partial charge in [0.25, 0.3) is 0 Å². The molecule has 2 aromatic rings. The van der Waals surface area contributed by atoms with E-state index in [1.54, 1.807) is 25.1 Å². The normalized spacial score (nSPS) is 10.3. The molecule has 4 nitrogen and oxygen atoms in total. The highest BCUT2D eigenvalue weighted by molar-refractivity contribution is 7.17. The zero-order valence-corrected chi connectivity index (χ0v) is 11.8. The fraction of sp³-hybridized carbons (Fsp3) is 0.214. The molecule has 0 aliphatic rings. The van der Waals surface area contributed by atoms with Crippen LogP contribution < -0.4 is 0 Å². The summed E-state index contributed by atoms with van der Waals surface area (Å²) in [4.78, 5) is 27.6. The van der Waals surface area contributed by atoms with Gasteiger partial charge in [-0.1, -0.05) is 12.1 Å². The van der Waals surface area contributed by atoms with Crippen LogP contribution in [0.25, 0.3) is 10.6 Å². The number of thiazole rings is 1. The molecule has 1 aromatic carbocycles. The fourth-order valence-electron chi connectivity index (χ4n) is 1.65. The summed E-state index contributed by atoms with van der Waals surface area (Å²) in [6.45, 7) is 3.18. The molecule has 0 unspecified atom stereocenters. The molecular weight excluding hydrogens is 281 g/mol. The Labute approximate surface area is 119 Å². The Morgan fingerprint density at radius 3 is 2.65 bits per heavy atom. The Kier molecular flexibility index (Phi) is 4.24. The molecule has 0 amide bonds. The number of hydrogen-bond donors (Lipinski definition) is 0. The highest BCUT2D eigenvalue weighted by Crippen LogP contribution is 2.30. The van der Waals surface area contributed by atoms with Crippen LogP contribution in [0.1, 0.15) is 34.0 Å². The molecule has 0 spiro atoms. The number of aromatic nitrogens is 1. The summed E-state index contributed by atoms with van der Waals surface area (Å²) in [5, 5.41) is 0.288. The first-order chi connectivity index (χ1) is 9.54. The molecule has 20 heavy (non-hydrogen) atoms. The highest BCUT2D eigenvalue weighted by Gasteiger charge is 2.23. The third-order valence-corrected chi connectivity index (χ3v) is 3.71. The molecule has 0 fully saturated rings. The minimum Gasteiger partial charge on any atom is -0.461 e. The van der Waals surface area contributed by atoms with Gasteiger partial charge in [0.15, 0.2) is 11.5 Å². The van der Waals surface area contributed by atoms with E-state index in [0.717, 1.165) is 11.3 Å². The van der Waals surface area contributed by atoms with Crippen LogP contribution in [0, 0.1) is 5.82 Å². The van der Waals surface area contributed by atoms with Gasteiger partial charge >= 0.3 is 5.97 Å². The van der Waals surface area contributed by atoms with Crippen LogP contribution in [0.2, 0.25) is 0 Å². The van der Waals surface area contributed by atoms with Crippen LogP contribution in [0.15, 0.2) is 24.3 Å². The predicted octanol–water partition coefficient (Wildman–Crippen LogP) is 3.33. The van der Waals surface area contributed by atoms with Gasteiger partial charge in [-0.25, -0.2) is 14.2 Å². The van der Waals surface area contributed by atoms with Crippen LogP contribution in [0.4, 0.5) is 4.39 Å². The standard InChI is InChI=1S/C14H12FNO3S/c1-3-19-14(18)11-12(8(2)17)20-13(16-11)9-6-4-5-7-10(9)15/h4-7H,3H2,1-2H3. The van der Waals surface area contributed by atoms with Crippen molar-refractivity contribution in [1.29, 1.82) is 0 Å². The van der Waals surface area contributed by atoms with Gasteiger partial charge in [0.1, 0.15) is 15.7 Å². The average Bonchev–Trinajstić information content (AvgIpc) is 2.84. The third-order valence-electron chi connectivity index (χ3n) is 2.52. The van der Waals surface area contributed by atoms with E-state index in [1.807, 2.05) is 0 Å². The van der Waals surface area contributed by atoms with Crippen LogP contribution in [0.3, 0.4) is 0 Å². The van der Waals surface area contributed by atoms with Crippen LogP contribution >= 0.6 is 11.3 Å². The molecule has 1 heterocycles. The SMILES string of the molecule is CCOC(=O)c1nc(-c2ccccc2F)sc1C(C)=O. The molecule has 0 bridgehead atoms. The quantitative estimate of drug-likeness (QED) is 0.641. The first-order valence-electron chi connectivity index (χ1n) is 5.98. The average molecular weight is 293 g/mol. The summed E-state index contributed by atoms with van der Waals surface area (Å²) in [6.07, 6.45) is 0. The zero-order chi connectivity index (χ0) is 14.7. The number of hydrogen-bond acceptors (Lipinski definition) is 5. The molecule has 2 rings (SSSR count). The van der Waals surface area contributed by atoms with Gasteiger partial charge in [0, 0.05) is 12.5 Å². The van der Waals surface area contributed by atoms with Gasteiger partial charge in [-0.3, -0.25) is 4.79 Å². The van der Waals surface area contributed by atoms with Crippen LogP contribution in [-0.4, -0.2) is 23.3 Å². The maximum absolute atomic E-state index is 13.7. The second kappa shape index (κ2) is 5.92. The first kappa shape index (κ1) is 14.3. The van der Waals surface area contributed by atoms with Crippen molar-refractivity contribution in [3.8, 4) is 10.6 Å². The second-order valence-electron chi connectivity index (χ2n) is 3.95. The number of carbonyl (C=O) groups is 2. The van der Waals surface area contributed by atoms with E-state index in [4.69, 9.17) is 4.74 Å². The van der Waals surface area contributed by atoms with Crippen molar-refractivity contribution >= 4 is 23.1 Å². The minimum absolute atomic E-state index is 0.0531. The number of rotatable bonds is 4. The van der Waals surface area contributed by atoms with Gasteiger partial charge in [-0.05, 0) is 19.1 Å². The Morgan fingerprint density at radius 2 is 2.05 bits per heavy atom. The molecule has 0 atom stereocenters. The summed E-state index contributed by atoms with van der Waals surface area (Å²) in [5.74, 6) is -1.42. The van der Waals surface area contributed by atoms with Gasteiger partial charge in [-0.15, -0.1) is 11.3 Å². The highest BCUT2D eigenvalue weighted by atomic mass is 32.1. The lowest BCUT2D eigenvalue weighted by Crippen LogP contribution is -2.09. The lowest BCUT2D eigenvalue weighted by Gasteiger charge is -1.99. The van der Waals surface area contributed by atoms with Gasteiger partial charge in [0.05, 0.1) is 6.61 Å². The Hall–Kier alpha value is -2.08. The largest absolute Gasteiger partial charge is 0.461 e. The molecule has 1 aromatic heterocycles. The topological polar surface area (TPSA) is 56.3 Å². The van der Waals surface area contributed by atoms with E-state index < -0.39 is 11.8 Å². The van der Waals surface area contributed by atoms with Crippen molar-refractivity contribution in [2.75, 3.05) is 6.61 Å². The van der Waals surface area contributed by atoms with Crippen molar-refractivity contribution in [1.82, 2.24) is 4.98 Å². The minimum atomic E-state index is -0.670. The number of nitrogens with zero attached hydrogens (tertiary/aromatic N) is 1. The van der Waals surface area contributed by atoms with E-state index in [9.17, 15) is 14.0 Å². The van der Waals surface area contributed by atoms with Crippen molar-refractivity contribution < 1.29 is 18.7 Å². The van der Waals surface area contributed by atoms with Crippen molar-refractivity contribution in [3.05, 3.63) is 40.7 Å². The van der Waals surface area contributed by atoms with E-state index in [1.165, 1.54) is 13.0 Å². The third kappa shape index (κ3) is 2.75. The maximum atomic E-state index is 13.7. The number of halogens is 1. The smallest absolute Gasteiger partial charge is 0.358 e. The Bertz CT molecular complexity index is 666. The van der Waals surface area contributed by atoms with E-state index >= 15 is 0 Å². The first-order valence-corrected chi connectivity index (χ1v) is 6.80.